The standard InChI is InChI=1S/C9H9N5O/c1-6-2-4-11-9(13-6)14-7(8(10)15)3-5-12-14/h2-5H,1H3,(H2,10,15). The molecule has 0 aliphatic rings. The third kappa shape index (κ3) is 1.69. The van der Waals surface area contributed by atoms with E-state index in [0.717, 1.165) is 5.69 Å². The van der Waals surface area contributed by atoms with E-state index >= 15 is 0 Å². The number of hydrogen-bond donors (Lipinski definition) is 1. The lowest BCUT2D eigenvalue weighted by Crippen LogP contribution is -2.18. The van der Waals surface area contributed by atoms with Crippen molar-refractivity contribution in [2.24, 2.45) is 5.73 Å². The lowest BCUT2D eigenvalue weighted by atomic mass is 10.4. The Kier molecular flexibility index (Phi) is 2.17. The van der Waals surface area contributed by atoms with Gasteiger partial charge >= 0.3 is 0 Å². The number of carbonyl (C=O) groups excluding carboxylic acids is 1. The van der Waals surface area contributed by atoms with Crippen LogP contribution in [0.25, 0.3) is 5.95 Å². The maximum absolute atomic E-state index is 11.0. The fourth-order valence-electron chi connectivity index (χ4n) is 1.19. The first-order chi connectivity index (χ1) is 7.18. The number of carbonyl (C=O) groups is 1. The molecule has 15 heavy (non-hydrogen) atoms. The molecule has 0 fully saturated rings. The highest BCUT2D eigenvalue weighted by Gasteiger charge is 2.11. The summed E-state index contributed by atoms with van der Waals surface area (Å²) in [7, 11) is 0. The van der Waals surface area contributed by atoms with Crippen LogP contribution in [0.5, 0.6) is 0 Å². The van der Waals surface area contributed by atoms with Crippen LogP contribution in [-0.2, 0) is 0 Å². The first kappa shape index (κ1) is 9.32. The van der Waals surface area contributed by atoms with Crippen molar-refractivity contribution in [2.45, 2.75) is 6.92 Å². The third-order valence-corrected chi connectivity index (χ3v) is 1.87. The topological polar surface area (TPSA) is 86.7 Å². The van der Waals surface area contributed by atoms with Gasteiger partial charge in [0.15, 0.2) is 0 Å². The van der Waals surface area contributed by atoms with Crippen LogP contribution < -0.4 is 5.73 Å². The zero-order valence-corrected chi connectivity index (χ0v) is 8.08. The maximum atomic E-state index is 11.0. The fourth-order valence-corrected chi connectivity index (χ4v) is 1.19. The molecule has 2 aromatic rings. The van der Waals surface area contributed by atoms with Crippen molar-refractivity contribution in [3.05, 3.63) is 35.9 Å². The molecular formula is C9H9N5O. The zero-order valence-electron chi connectivity index (χ0n) is 8.08. The molecule has 2 N–H and O–H groups in total. The van der Waals surface area contributed by atoms with Crippen LogP contribution in [0, 0.1) is 6.92 Å². The monoisotopic (exact) mass is 203 g/mol. The highest BCUT2D eigenvalue weighted by atomic mass is 16.1. The number of nitrogens with two attached hydrogens (primary N) is 1. The van der Waals surface area contributed by atoms with Crippen molar-refractivity contribution >= 4 is 5.91 Å². The summed E-state index contributed by atoms with van der Waals surface area (Å²) >= 11 is 0. The predicted octanol–water partition coefficient (Wildman–Crippen LogP) is 0.0696. The minimum absolute atomic E-state index is 0.264. The minimum atomic E-state index is -0.558. The number of primary amides is 1. The molecule has 2 aromatic heterocycles. The molecule has 0 saturated carbocycles. The highest BCUT2D eigenvalue weighted by Crippen LogP contribution is 2.04. The van der Waals surface area contributed by atoms with Crippen molar-refractivity contribution in [2.75, 3.05) is 0 Å². The molecule has 2 rings (SSSR count). The molecule has 0 spiro atoms. The van der Waals surface area contributed by atoms with Gasteiger partial charge < -0.3 is 5.73 Å². The van der Waals surface area contributed by atoms with Gasteiger partial charge in [-0.05, 0) is 19.1 Å². The van der Waals surface area contributed by atoms with Crippen LogP contribution in [0.2, 0.25) is 0 Å². The molecule has 1 amide bonds. The molecule has 6 nitrogen and oxygen atoms in total. The smallest absolute Gasteiger partial charge is 0.267 e. The van der Waals surface area contributed by atoms with Gasteiger partial charge in [0.05, 0.1) is 6.20 Å². The van der Waals surface area contributed by atoms with Crippen molar-refractivity contribution < 1.29 is 4.79 Å². The van der Waals surface area contributed by atoms with E-state index in [1.807, 2.05) is 6.92 Å². The van der Waals surface area contributed by atoms with Gasteiger partial charge in [-0.15, -0.1) is 0 Å². The van der Waals surface area contributed by atoms with Crippen molar-refractivity contribution in [1.82, 2.24) is 19.7 Å². The average molecular weight is 203 g/mol. The minimum Gasteiger partial charge on any atom is -0.364 e. The summed E-state index contributed by atoms with van der Waals surface area (Å²) in [6.07, 6.45) is 3.08. The largest absolute Gasteiger partial charge is 0.364 e. The maximum Gasteiger partial charge on any atom is 0.267 e. The van der Waals surface area contributed by atoms with Crippen molar-refractivity contribution in [1.29, 1.82) is 0 Å². The van der Waals surface area contributed by atoms with Gasteiger partial charge in [0.2, 0.25) is 0 Å². The quantitative estimate of drug-likeness (QED) is 0.748. The van der Waals surface area contributed by atoms with E-state index in [4.69, 9.17) is 5.73 Å². The Labute approximate surface area is 85.8 Å². The summed E-state index contributed by atoms with van der Waals surface area (Å²) in [6, 6.07) is 3.28. The molecule has 0 aliphatic heterocycles. The summed E-state index contributed by atoms with van der Waals surface area (Å²) in [4.78, 5) is 19.2. The first-order valence-corrected chi connectivity index (χ1v) is 4.32. The Hall–Kier alpha value is -2.24. The fraction of sp³-hybridized carbons (Fsp3) is 0.111. The van der Waals surface area contributed by atoms with Gasteiger partial charge in [0.1, 0.15) is 5.69 Å². The SMILES string of the molecule is Cc1ccnc(-n2nccc2C(N)=O)n1. The Balaban J connectivity index is 2.54. The molecule has 0 saturated heterocycles. The Morgan fingerprint density at radius 3 is 2.87 bits per heavy atom. The number of rotatable bonds is 2. The van der Waals surface area contributed by atoms with E-state index in [2.05, 4.69) is 15.1 Å². The molecule has 0 bridgehead atoms. The molecule has 0 unspecified atom stereocenters. The Morgan fingerprint density at radius 1 is 1.40 bits per heavy atom. The van der Waals surface area contributed by atoms with E-state index < -0.39 is 5.91 Å². The lowest BCUT2D eigenvalue weighted by Gasteiger charge is -2.02. The van der Waals surface area contributed by atoms with E-state index in [1.54, 1.807) is 12.3 Å². The summed E-state index contributed by atoms with van der Waals surface area (Å²) in [6.45, 7) is 1.83. The van der Waals surface area contributed by atoms with E-state index in [0.29, 0.717) is 5.95 Å². The number of aryl methyl sites for hydroxylation is 1. The van der Waals surface area contributed by atoms with Crippen LogP contribution in [0.4, 0.5) is 0 Å². The third-order valence-electron chi connectivity index (χ3n) is 1.87. The van der Waals surface area contributed by atoms with Gasteiger partial charge in [0, 0.05) is 11.9 Å². The zero-order chi connectivity index (χ0) is 10.8. The second-order valence-corrected chi connectivity index (χ2v) is 2.99. The van der Waals surface area contributed by atoms with E-state index in [-0.39, 0.29) is 5.69 Å². The van der Waals surface area contributed by atoms with Gasteiger partial charge in [-0.2, -0.15) is 9.78 Å². The second kappa shape index (κ2) is 3.49. The average Bonchev–Trinajstić information content (AvgIpc) is 2.65. The van der Waals surface area contributed by atoms with Gasteiger partial charge in [-0.1, -0.05) is 0 Å². The normalized spacial score (nSPS) is 10.2. The van der Waals surface area contributed by atoms with Crippen LogP contribution >= 0.6 is 0 Å². The summed E-state index contributed by atoms with van der Waals surface area (Å²) in [5, 5.41) is 3.94. The van der Waals surface area contributed by atoms with Gasteiger partial charge in [-0.25, -0.2) is 9.97 Å². The second-order valence-electron chi connectivity index (χ2n) is 2.99. The van der Waals surface area contributed by atoms with Gasteiger partial charge in [0.25, 0.3) is 11.9 Å². The first-order valence-electron chi connectivity index (χ1n) is 4.32. The van der Waals surface area contributed by atoms with Crippen molar-refractivity contribution in [3.8, 4) is 5.95 Å². The predicted molar refractivity (Wildman–Crippen MR) is 52.4 cm³/mol. The van der Waals surface area contributed by atoms with Crippen LogP contribution in [-0.4, -0.2) is 25.7 Å². The molecule has 76 valence electrons. The van der Waals surface area contributed by atoms with Crippen molar-refractivity contribution in [3.63, 3.8) is 0 Å². The molecular weight excluding hydrogens is 194 g/mol. The molecule has 0 aromatic carbocycles. The van der Waals surface area contributed by atoms with Crippen LogP contribution in [0.15, 0.2) is 24.5 Å². The number of amides is 1. The van der Waals surface area contributed by atoms with E-state index in [1.165, 1.54) is 16.9 Å². The molecule has 2 heterocycles. The summed E-state index contributed by atoms with van der Waals surface area (Å²) in [5.74, 6) is -0.216. The van der Waals surface area contributed by atoms with Gasteiger partial charge in [-0.3, -0.25) is 4.79 Å². The van der Waals surface area contributed by atoms with E-state index in [9.17, 15) is 4.79 Å². The summed E-state index contributed by atoms with van der Waals surface area (Å²) in [5.41, 5.74) is 6.24. The summed E-state index contributed by atoms with van der Waals surface area (Å²) < 4.78 is 1.31. The lowest BCUT2D eigenvalue weighted by molar-refractivity contribution is 0.0992. The highest BCUT2D eigenvalue weighted by molar-refractivity contribution is 5.91. The number of aromatic nitrogens is 4. The van der Waals surface area contributed by atoms with Crippen LogP contribution in [0.1, 0.15) is 16.2 Å². The Bertz CT molecular complexity index is 505. The number of nitrogens with zero attached hydrogens (tertiary/aromatic N) is 4. The number of hydrogen-bond acceptors (Lipinski definition) is 4. The van der Waals surface area contributed by atoms with Crippen LogP contribution in [0.3, 0.4) is 0 Å². The molecule has 0 atom stereocenters. The molecule has 0 radical (unpaired) electrons. The Morgan fingerprint density at radius 2 is 2.20 bits per heavy atom. The molecule has 0 aliphatic carbocycles. The molecule has 6 heteroatoms.